The van der Waals surface area contributed by atoms with Crippen LogP contribution >= 0.6 is 0 Å². The number of ketones is 1. The third kappa shape index (κ3) is 6.89. The summed E-state index contributed by atoms with van der Waals surface area (Å²) in [6.07, 6.45) is 0.389. The molecule has 1 saturated heterocycles. The van der Waals surface area contributed by atoms with Crippen molar-refractivity contribution in [2.45, 2.75) is 56.8 Å². The van der Waals surface area contributed by atoms with Crippen molar-refractivity contribution in [3.05, 3.63) is 64.8 Å². The summed E-state index contributed by atoms with van der Waals surface area (Å²) in [5.41, 5.74) is 0.510. The van der Waals surface area contributed by atoms with E-state index in [0.29, 0.717) is 35.5 Å². The van der Waals surface area contributed by atoms with Crippen molar-refractivity contribution in [3.8, 4) is 17.4 Å². The quantitative estimate of drug-likeness (QED) is 0.333. The largest absolute Gasteiger partial charge is 0.495 e. The van der Waals surface area contributed by atoms with Crippen LogP contribution in [0.1, 0.15) is 63.9 Å². The molecular weight excluding hydrogens is 591 g/mol. The first-order valence-electron chi connectivity index (χ1n) is 15.0. The van der Waals surface area contributed by atoms with Gasteiger partial charge in [-0.05, 0) is 61.9 Å². The number of carbonyl (C=O) groups excluding carboxylic acids is 2. The zero-order chi connectivity index (χ0) is 31.6. The van der Waals surface area contributed by atoms with Crippen LogP contribution in [0.3, 0.4) is 0 Å². The summed E-state index contributed by atoms with van der Waals surface area (Å²) < 4.78 is 58.1. The van der Waals surface area contributed by atoms with Crippen LogP contribution in [0.25, 0.3) is 0 Å². The lowest BCUT2D eigenvalue weighted by molar-refractivity contribution is -0.139. The number of nitrogens with zero attached hydrogens (tertiary/aromatic N) is 3. The Kier molecular flexibility index (Phi) is 8.90. The fourth-order valence-electron chi connectivity index (χ4n) is 6.22. The minimum atomic E-state index is -4.80. The molecule has 1 amide bonds. The number of anilines is 2. The Morgan fingerprint density at radius 1 is 1.04 bits per heavy atom. The highest BCUT2D eigenvalue weighted by molar-refractivity contribution is 6.03. The van der Waals surface area contributed by atoms with Crippen LogP contribution in [0.5, 0.6) is 17.4 Å². The lowest BCUT2D eigenvalue weighted by Gasteiger charge is -2.38. The van der Waals surface area contributed by atoms with E-state index in [1.54, 1.807) is 30.3 Å². The van der Waals surface area contributed by atoms with E-state index in [1.807, 2.05) is 0 Å². The van der Waals surface area contributed by atoms with E-state index in [0.717, 1.165) is 52.0 Å². The number of amides is 1. The number of ether oxygens (including phenoxy) is 3. The number of aromatic nitrogens is 2. The van der Waals surface area contributed by atoms with E-state index in [4.69, 9.17) is 14.2 Å². The molecule has 2 fully saturated rings. The van der Waals surface area contributed by atoms with Crippen molar-refractivity contribution >= 4 is 23.3 Å². The third-order valence-electron chi connectivity index (χ3n) is 8.58. The maximum absolute atomic E-state index is 13.9. The minimum absolute atomic E-state index is 0.00711. The number of Topliss-reactive ketones (excluding diaryl/α,β-unsaturated/α-hetero) is 1. The number of benzene rings is 2. The summed E-state index contributed by atoms with van der Waals surface area (Å²) in [5.74, 6) is -1.09. The molecule has 0 spiro atoms. The number of fused-ring (bicyclic) bond motifs is 1. The fourth-order valence-corrected chi connectivity index (χ4v) is 6.22. The first-order valence-corrected chi connectivity index (χ1v) is 15.0. The van der Waals surface area contributed by atoms with Gasteiger partial charge in [0.25, 0.3) is 5.91 Å². The Balaban J connectivity index is 1.15. The predicted molar refractivity (Wildman–Crippen MR) is 158 cm³/mol. The Labute approximate surface area is 258 Å². The number of methoxy groups -OCH3 is 1. The molecule has 2 heterocycles. The molecular formula is C32H34F3N5O5. The number of alkyl halides is 3. The molecule has 2 N–H and O–H groups in total. The zero-order valence-electron chi connectivity index (χ0n) is 24.8. The molecule has 1 aliphatic heterocycles. The van der Waals surface area contributed by atoms with Crippen LogP contribution in [0.4, 0.5) is 24.8 Å². The molecule has 3 aliphatic rings. The second kappa shape index (κ2) is 13.0. The molecule has 0 bridgehead atoms. The van der Waals surface area contributed by atoms with E-state index in [2.05, 4.69) is 25.5 Å². The Hall–Kier alpha value is -4.23. The molecule has 0 unspecified atom stereocenters. The molecule has 13 heteroatoms. The van der Waals surface area contributed by atoms with E-state index in [1.165, 1.54) is 13.2 Å². The van der Waals surface area contributed by atoms with Gasteiger partial charge in [0.2, 0.25) is 11.8 Å². The monoisotopic (exact) mass is 625 g/mol. The predicted octanol–water partition coefficient (Wildman–Crippen LogP) is 5.54. The van der Waals surface area contributed by atoms with Crippen LogP contribution in [0.15, 0.2) is 42.6 Å². The Morgan fingerprint density at radius 2 is 1.82 bits per heavy atom. The van der Waals surface area contributed by atoms with Gasteiger partial charge in [0.15, 0.2) is 5.78 Å². The zero-order valence-corrected chi connectivity index (χ0v) is 24.8. The molecule has 238 valence electrons. The highest BCUT2D eigenvalue weighted by Crippen LogP contribution is 2.40. The molecule has 10 nitrogen and oxygen atoms in total. The van der Waals surface area contributed by atoms with Gasteiger partial charge in [0, 0.05) is 43.4 Å². The molecule has 45 heavy (non-hydrogen) atoms. The van der Waals surface area contributed by atoms with Crippen molar-refractivity contribution in [1.29, 1.82) is 0 Å². The fraction of sp³-hybridized carbons (Fsp3) is 0.438. The number of nitrogens with one attached hydrogen (secondary N) is 2. The molecule has 2 aromatic carbocycles. The summed E-state index contributed by atoms with van der Waals surface area (Å²) >= 11 is 0. The smallest absolute Gasteiger partial charge is 0.423 e. The second-order valence-electron chi connectivity index (χ2n) is 11.4. The molecule has 0 atom stereocenters. The highest BCUT2D eigenvalue weighted by Gasteiger charge is 2.37. The van der Waals surface area contributed by atoms with Crippen LogP contribution < -0.4 is 20.1 Å². The summed E-state index contributed by atoms with van der Waals surface area (Å²) in [7, 11) is 1.42. The normalized spacial score (nSPS) is 20.4. The van der Waals surface area contributed by atoms with Crippen LogP contribution in [-0.2, 0) is 17.3 Å². The summed E-state index contributed by atoms with van der Waals surface area (Å²) in [6, 6.07) is 10.1. The third-order valence-corrected chi connectivity index (χ3v) is 8.58. The summed E-state index contributed by atoms with van der Waals surface area (Å²) in [4.78, 5) is 35.8. The first kappa shape index (κ1) is 30.8. The Bertz CT molecular complexity index is 1570. The van der Waals surface area contributed by atoms with Crippen molar-refractivity contribution in [2.75, 3.05) is 38.7 Å². The number of morpholine rings is 1. The first-order chi connectivity index (χ1) is 21.7. The van der Waals surface area contributed by atoms with Crippen LogP contribution in [0.2, 0.25) is 0 Å². The van der Waals surface area contributed by atoms with Crippen molar-refractivity contribution < 1.29 is 37.0 Å². The van der Waals surface area contributed by atoms with Gasteiger partial charge in [0.1, 0.15) is 17.1 Å². The van der Waals surface area contributed by atoms with Gasteiger partial charge >= 0.3 is 6.18 Å². The van der Waals surface area contributed by atoms with Gasteiger partial charge in [-0.2, -0.15) is 18.2 Å². The van der Waals surface area contributed by atoms with Gasteiger partial charge in [-0.1, -0.05) is 12.1 Å². The molecule has 6 rings (SSSR count). The van der Waals surface area contributed by atoms with Crippen LogP contribution in [-0.4, -0.2) is 72.1 Å². The second-order valence-corrected chi connectivity index (χ2v) is 11.4. The summed E-state index contributed by atoms with van der Waals surface area (Å²) in [6.45, 7) is 3.43. The average Bonchev–Trinajstić information content (AvgIpc) is 3.43. The minimum Gasteiger partial charge on any atom is -0.495 e. The number of carbonyl (C=O) groups is 2. The lowest BCUT2D eigenvalue weighted by Crippen LogP contribution is -2.47. The van der Waals surface area contributed by atoms with E-state index in [9.17, 15) is 22.8 Å². The van der Waals surface area contributed by atoms with E-state index >= 15 is 0 Å². The van der Waals surface area contributed by atoms with Crippen molar-refractivity contribution in [1.82, 2.24) is 20.2 Å². The van der Waals surface area contributed by atoms with Gasteiger partial charge in [-0.25, -0.2) is 4.98 Å². The maximum atomic E-state index is 13.9. The van der Waals surface area contributed by atoms with Crippen molar-refractivity contribution in [2.24, 2.45) is 0 Å². The van der Waals surface area contributed by atoms with E-state index < -0.39 is 17.6 Å². The number of hydrogen-bond acceptors (Lipinski definition) is 9. The topological polar surface area (TPSA) is 115 Å². The highest BCUT2D eigenvalue weighted by atomic mass is 19.4. The molecule has 3 aromatic rings. The number of aryl methyl sites for hydroxylation is 1. The van der Waals surface area contributed by atoms with Gasteiger partial charge in [-0.15, -0.1) is 0 Å². The lowest BCUT2D eigenvalue weighted by atomic mass is 9.89. The molecule has 1 saturated carbocycles. The average molecular weight is 626 g/mol. The van der Waals surface area contributed by atoms with E-state index in [-0.39, 0.29) is 47.2 Å². The molecule has 2 aliphatic carbocycles. The number of halogens is 3. The number of hydrogen-bond donors (Lipinski definition) is 2. The number of rotatable bonds is 8. The SMILES string of the molecule is COc1cc(C(=O)NC2CCC(N3CCOCC3)CC2)ccc1Nc1ncc(C(F)(F)F)c(Oc2cccc3c2C(=O)CC3)n1. The van der Waals surface area contributed by atoms with Gasteiger partial charge in [0.05, 0.1) is 31.6 Å². The molecule has 0 radical (unpaired) electrons. The Morgan fingerprint density at radius 3 is 2.56 bits per heavy atom. The standard InChI is InChI=1S/C32H34F3N5O5/c1-43-27-17-20(29(42)37-21-7-9-22(10-8-21)40-13-15-44-16-14-40)5-11-24(27)38-31-36-18-23(32(33,34)35)30(39-31)45-26-4-2-3-19-6-12-25(41)28(19)26/h2-5,11,17-18,21-22H,6-10,12-16H2,1H3,(H,37,42)(H,36,38,39). The maximum Gasteiger partial charge on any atom is 0.423 e. The summed E-state index contributed by atoms with van der Waals surface area (Å²) in [5, 5.41) is 5.99. The van der Waals surface area contributed by atoms with Crippen molar-refractivity contribution in [3.63, 3.8) is 0 Å². The van der Waals surface area contributed by atoms with Gasteiger partial charge in [-0.3, -0.25) is 14.5 Å². The van der Waals surface area contributed by atoms with Gasteiger partial charge < -0.3 is 24.8 Å². The molecule has 1 aromatic heterocycles. The van der Waals surface area contributed by atoms with Crippen LogP contribution in [0, 0.1) is 0 Å².